The van der Waals surface area contributed by atoms with Gasteiger partial charge in [0.05, 0.1) is 29.9 Å². The van der Waals surface area contributed by atoms with Gasteiger partial charge in [-0.05, 0) is 18.2 Å². The third-order valence-corrected chi connectivity index (χ3v) is 3.03. The largest absolute Gasteiger partial charge is 0.496 e. The summed E-state index contributed by atoms with van der Waals surface area (Å²) in [6, 6.07) is 7.36. The zero-order valence-electron chi connectivity index (χ0n) is 11.5. The van der Waals surface area contributed by atoms with E-state index in [2.05, 4.69) is 20.9 Å². The zero-order valence-corrected chi connectivity index (χ0v) is 11.5. The fourth-order valence-electron chi connectivity index (χ4n) is 2.07. The van der Waals surface area contributed by atoms with Gasteiger partial charge in [0.2, 0.25) is 0 Å². The number of H-pyrrole nitrogens is 1. The minimum atomic E-state index is 0.221. The van der Waals surface area contributed by atoms with Gasteiger partial charge in [-0.3, -0.25) is 4.98 Å². The number of rotatable bonds is 4. The van der Waals surface area contributed by atoms with Crippen LogP contribution in [-0.4, -0.2) is 28.7 Å². The first kappa shape index (κ1) is 13.0. The van der Waals surface area contributed by atoms with E-state index < -0.39 is 0 Å². The van der Waals surface area contributed by atoms with E-state index in [0.717, 1.165) is 22.4 Å². The van der Waals surface area contributed by atoms with Gasteiger partial charge in [0.15, 0.2) is 0 Å². The van der Waals surface area contributed by atoms with Crippen LogP contribution in [0.15, 0.2) is 36.7 Å². The fraction of sp³-hybridized carbons (Fsp3) is 0.125. The number of fused-ring (bicyclic) bond motifs is 1. The van der Waals surface area contributed by atoms with Crippen molar-refractivity contribution in [3.63, 3.8) is 0 Å². The van der Waals surface area contributed by atoms with Crippen LogP contribution in [0, 0.1) is 12.3 Å². The predicted molar refractivity (Wildman–Crippen MR) is 80.2 cm³/mol. The van der Waals surface area contributed by atoms with Crippen LogP contribution in [0.5, 0.6) is 11.5 Å². The molecule has 3 rings (SSSR count). The summed E-state index contributed by atoms with van der Waals surface area (Å²) < 4.78 is 10.8. The molecule has 0 radical (unpaired) electrons. The lowest BCUT2D eigenvalue weighted by Crippen LogP contribution is -1.95. The molecule has 0 saturated heterocycles. The number of imidazole rings is 1. The number of aromatic amines is 1. The summed E-state index contributed by atoms with van der Waals surface area (Å²) in [6.07, 6.45) is 8.63. The molecular formula is C16H13N3O2. The molecule has 104 valence electrons. The highest BCUT2D eigenvalue weighted by atomic mass is 16.5. The molecule has 3 aromatic rings. The Morgan fingerprint density at radius 3 is 3.00 bits per heavy atom. The van der Waals surface area contributed by atoms with Crippen LogP contribution in [0.2, 0.25) is 0 Å². The molecule has 0 amide bonds. The van der Waals surface area contributed by atoms with Gasteiger partial charge in [-0.2, -0.15) is 0 Å². The molecule has 5 nitrogen and oxygen atoms in total. The fourth-order valence-corrected chi connectivity index (χ4v) is 2.07. The van der Waals surface area contributed by atoms with E-state index in [1.165, 1.54) is 0 Å². The van der Waals surface area contributed by atoms with Crippen LogP contribution in [0.1, 0.15) is 0 Å². The number of nitrogens with one attached hydrogen (secondary N) is 1. The number of benzene rings is 1. The van der Waals surface area contributed by atoms with Gasteiger partial charge in [-0.15, -0.1) is 6.42 Å². The quantitative estimate of drug-likeness (QED) is 0.746. The smallest absolute Gasteiger partial charge is 0.148 e. The minimum Gasteiger partial charge on any atom is -0.496 e. The summed E-state index contributed by atoms with van der Waals surface area (Å²) in [4.78, 5) is 11.8. The second kappa shape index (κ2) is 5.55. The van der Waals surface area contributed by atoms with E-state index in [4.69, 9.17) is 15.9 Å². The lowest BCUT2D eigenvalue weighted by Gasteiger charge is -2.09. The summed E-state index contributed by atoms with van der Waals surface area (Å²) in [5.74, 6) is 4.47. The van der Waals surface area contributed by atoms with Crippen molar-refractivity contribution in [1.29, 1.82) is 0 Å². The molecule has 21 heavy (non-hydrogen) atoms. The van der Waals surface area contributed by atoms with Gasteiger partial charge in [0.1, 0.15) is 23.9 Å². The van der Waals surface area contributed by atoms with E-state index in [1.807, 2.05) is 18.2 Å². The van der Waals surface area contributed by atoms with Crippen LogP contribution in [0.4, 0.5) is 0 Å². The van der Waals surface area contributed by atoms with E-state index >= 15 is 0 Å². The molecule has 0 atom stereocenters. The molecule has 0 bridgehead atoms. The van der Waals surface area contributed by atoms with Crippen molar-refractivity contribution in [1.82, 2.24) is 15.0 Å². The van der Waals surface area contributed by atoms with Crippen molar-refractivity contribution in [2.45, 2.75) is 0 Å². The molecule has 2 heterocycles. The SMILES string of the molecule is C#CCOc1ccc(-c2nc3ccncc3[nH]2)c(OC)c1. The van der Waals surface area contributed by atoms with Crippen LogP contribution in [-0.2, 0) is 0 Å². The first-order valence-electron chi connectivity index (χ1n) is 6.36. The molecule has 0 aliphatic rings. The number of pyridine rings is 1. The van der Waals surface area contributed by atoms with Crippen molar-refractivity contribution in [3.05, 3.63) is 36.7 Å². The number of terminal acetylenes is 1. The van der Waals surface area contributed by atoms with Crippen molar-refractivity contribution in [3.8, 4) is 35.2 Å². The maximum Gasteiger partial charge on any atom is 0.148 e. The van der Waals surface area contributed by atoms with Gasteiger partial charge in [-0.25, -0.2) is 4.98 Å². The van der Waals surface area contributed by atoms with E-state index in [-0.39, 0.29) is 6.61 Å². The maximum absolute atomic E-state index is 5.41. The third-order valence-electron chi connectivity index (χ3n) is 3.03. The van der Waals surface area contributed by atoms with Gasteiger partial charge in [0, 0.05) is 12.3 Å². The number of nitrogens with zero attached hydrogens (tertiary/aromatic N) is 2. The van der Waals surface area contributed by atoms with Crippen molar-refractivity contribution < 1.29 is 9.47 Å². The Bertz CT molecular complexity index is 785. The Balaban J connectivity index is 2.03. The third kappa shape index (κ3) is 2.51. The van der Waals surface area contributed by atoms with Gasteiger partial charge in [-0.1, -0.05) is 5.92 Å². The lowest BCUT2D eigenvalue weighted by molar-refractivity contribution is 0.363. The molecule has 0 unspecified atom stereocenters. The van der Waals surface area contributed by atoms with Crippen molar-refractivity contribution >= 4 is 11.0 Å². The van der Waals surface area contributed by atoms with Gasteiger partial charge < -0.3 is 14.5 Å². The molecule has 1 aromatic carbocycles. The topological polar surface area (TPSA) is 60.0 Å². The summed E-state index contributed by atoms with van der Waals surface area (Å²) in [5.41, 5.74) is 2.58. The number of hydrogen-bond donors (Lipinski definition) is 1. The molecular weight excluding hydrogens is 266 g/mol. The molecule has 2 aromatic heterocycles. The van der Waals surface area contributed by atoms with Crippen LogP contribution >= 0.6 is 0 Å². The number of aromatic nitrogens is 3. The summed E-state index contributed by atoms with van der Waals surface area (Å²) in [5, 5.41) is 0. The second-order valence-corrected chi connectivity index (χ2v) is 4.33. The maximum atomic E-state index is 5.41. The van der Waals surface area contributed by atoms with E-state index in [0.29, 0.717) is 11.5 Å². The Morgan fingerprint density at radius 2 is 2.24 bits per heavy atom. The Kier molecular flexibility index (Phi) is 3.44. The Labute approximate surface area is 122 Å². The van der Waals surface area contributed by atoms with Crippen molar-refractivity contribution in [2.75, 3.05) is 13.7 Å². The van der Waals surface area contributed by atoms with Crippen LogP contribution in [0.3, 0.4) is 0 Å². The predicted octanol–water partition coefficient (Wildman–Crippen LogP) is 2.65. The molecule has 0 aliphatic heterocycles. The number of hydrogen-bond acceptors (Lipinski definition) is 4. The molecule has 5 heteroatoms. The molecule has 0 saturated carbocycles. The summed E-state index contributed by atoms with van der Waals surface area (Å²) >= 11 is 0. The van der Waals surface area contributed by atoms with E-state index in [1.54, 1.807) is 25.6 Å². The Hall–Kier alpha value is -3.00. The molecule has 1 N–H and O–H groups in total. The molecule has 0 aliphatic carbocycles. The van der Waals surface area contributed by atoms with Gasteiger partial charge >= 0.3 is 0 Å². The molecule has 0 fully saturated rings. The highest BCUT2D eigenvalue weighted by molar-refractivity contribution is 5.80. The lowest BCUT2D eigenvalue weighted by atomic mass is 10.2. The summed E-state index contributed by atoms with van der Waals surface area (Å²) in [7, 11) is 1.61. The average molecular weight is 279 g/mol. The zero-order chi connectivity index (χ0) is 14.7. The standard InChI is InChI=1S/C16H13N3O2/c1-3-8-21-11-4-5-12(15(9-11)20-2)16-18-13-6-7-17-10-14(13)19-16/h1,4-7,9-10H,8H2,2H3,(H,18,19). The van der Waals surface area contributed by atoms with Gasteiger partial charge in [0.25, 0.3) is 0 Å². The summed E-state index contributed by atoms with van der Waals surface area (Å²) in [6.45, 7) is 0.221. The number of methoxy groups -OCH3 is 1. The normalized spacial score (nSPS) is 10.3. The van der Waals surface area contributed by atoms with E-state index in [9.17, 15) is 0 Å². The highest BCUT2D eigenvalue weighted by Crippen LogP contribution is 2.32. The average Bonchev–Trinajstić information content (AvgIpc) is 2.96. The Morgan fingerprint density at radius 1 is 1.33 bits per heavy atom. The highest BCUT2D eigenvalue weighted by Gasteiger charge is 2.11. The second-order valence-electron chi connectivity index (χ2n) is 4.33. The molecule has 0 spiro atoms. The monoisotopic (exact) mass is 279 g/mol. The first-order chi connectivity index (χ1) is 10.3. The first-order valence-corrected chi connectivity index (χ1v) is 6.36. The van der Waals surface area contributed by atoms with Crippen molar-refractivity contribution in [2.24, 2.45) is 0 Å². The minimum absolute atomic E-state index is 0.221. The number of ether oxygens (including phenoxy) is 2. The van der Waals surface area contributed by atoms with Crippen LogP contribution < -0.4 is 9.47 Å². The van der Waals surface area contributed by atoms with Crippen LogP contribution in [0.25, 0.3) is 22.4 Å².